The maximum atomic E-state index is 6.10. The summed E-state index contributed by atoms with van der Waals surface area (Å²) in [4.78, 5) is 0. The van der Waals surface area contributed by atoms with Crippen LogP contribution in [0.1, 0.15) is 38.3 Å². The lowest BCUT2D eigenvalue weighted by atomic mass is 10.0. The molecule has 1 aromatic carbocycles. The molecule has 0 atom stereocenters. The molecule has 0 aromatic heterocycles. The van der Waals surface area contributed by atoms with Crippen LogP contribution in [0.4, 0.5) is 0 Å². The van der Waals surface area contributed by atoms with Gasteiger partial charge in [0.05, 0.1) is 0 Å². The van der Waals surface area contributed by atoms with Crippen molar-refractivity contribution in [2.24, 2.45) is 5.73 Å². The van der Waals surface area contributed by atoms with E-state index in [2.05, 4.69) is 32.9 Å². The van der Waals surface area contributed by atoms with Crippen LogP contribution in [-0.2, 0) is 12.8 Å². The van der Waals surface area contributed by atoms with Gasteiger partial charge in [-0.1, -0.05) is 49.2 Å². The molecule has 1 nitrogen and oxygen atoms in total. The van der Waals surface area contributed by atoms with E-state index >= 15 is 0 Å². The number of hydrogen-bond acceptors (Lipinski definition) is 1. The number of benzene rings is 1. The Balaban J connectivity index is 2.79. The van der Waals surface area contributed by atoms with Gasteiger partial charge in [-0.05, 0) is 43.0 Å². The topological polar surface area (TPSA) is 26.0 Å². The van der Waals surface area contributed by atoms with Gasteiger partial charge in [-0.3, -0.25) is 0 Å². The van der Waals surface area contributed by atoms with E-state index in [1.165, 1.54) is 16.7 Å². The first-order valence-electron chi connectivity index (χ1n) is 6.45. The fourth-order valence-corrected chi connectivity index (χ4v) is 1.92. The average Bonchev–Trinajstić information content (AvgIpc) is 2.38. The second-order valence-electron chi connectivity index (χ2n) is 4.56. The summed E-state index contributed by atoms with van der Waals surface area (Å²) in [5.41, 5.74) is 10.6. The normalized spacial score (nSPS) is 12.9. The monoisotopic (exact) mass is 263 g/mol. The first-order chi connectivity index (χ1) is 8.56. The summed E-state index contributed by atoms with van der Waals surface area (Å²) in [6.07, 6.45) is 6.87. The first-order valence-corrected chi connectivity index (χ1v) is 6.83. The van der Waals surface area contributed by atoms with Gasteiger partial charge in [-0.25, -0.2) is 0 Å². The molecule has 0 spiro atoms. The third kappa shape index (κ3) is 4.58. The summed E-state index contributed by atoms with van der Waals surface area (Å²) in [6, 6.07) is 6.13. The quantitative estimate of drug-likeness (QED) is 0.770. The Kier molecular flexibility index (Phi) is 6.00. The van der Waals surface area contributed by atoms with E-state index in [1.807, 2.05) is 18.2 Å². The number of allylic oxidation sites excluding steroid dienone is 4. The molecule has 1 rings (SSSR count). The Hall–Kier alpha value is -1.21. The van der Waals surface area contributed by atoms with Gasteiger partial charge >= 0.3 is 0 Å². The molecule has 98 valence electrons. The standard InChI is InChI=1S/C16H22ClN/c1-4-12(3)6-8-15(18)11-13-7-9-16(17)14(5-2)10-13/h6-10H,4-5,11,18H2,1-3H3/b12-6+,15-8-. The van der Waals surface area contributed by atoms with Crippen molar-refractivity contribution in [1.29, 1.82) is 0 Å². The Morgan fingerprint density at radius 1 is 1.28 bits per heavy atom. The van der Waals surface area contributed by atoms with Crippen LogP contribution in [0.5, 0.6) is 0 Å². The molecule has 0 saturated carbocycles. The molecule has 0 amide bonds. The molecule has 2 N–H and O–H groups in total. The van der Waals surface area contributed by atoms with Gasteiger partial charge in [0.1, 0.15) is 0 Å². The minimum atomic E-state index is 0.775. The predicted octanol–water partition coefficient (Wildman–Crippen LogP) is 4.64. The molecule has 2 heteroatoms. The van der Waals surface area contributed by atoms with Crippen molar-refractivity contribution in [3.63, 3.8) is 0 Å². The van der Waals surface area contributed by atoms with Crippen molar-refractivity contribution in [3.8, 4) is 0 Å². The van der Waals surface area contributed by atoms with Gasteiger partial charge in [0, 0.05) is 17.1 Å². The average molecular weight is 264 g/mol. The van der Waals surface area contributed by atoms with Gasteiger partial charge in [-0.2, -0.15) is 0 Å². The van der Waals surface area contributed by atoms with Crippen LogP contribution in [0.25, 0.3) is 0 Å². The van der Waals surface area contributed by atoms with Crippen molar-refractivity contribution in [2.75, 3.05) is 0 Å². The van der Waals surface area contributed by atoms with E-state index in [1.54, 1.807) is 0 Å². The highest BCUT2D eigenvalue weighted by Gasteiger charge is 2.01. The molecular weight excluding hydrogens is 242 g/mol. The molecule has 18 heavy (non-hydrogen) atoms. The van der Waals surface area contributed by atoms with Crippen LogP contribution in [0.3, 0.4) is 0 Å². The highest BCUT2D eigenvalue weighted by atomic mass is 35.5. The lowest BCUT2D eigenvalue weighted by Crippen LogP contribution is -2.01. The zero-order valence-corrected chi connectivity index (χ0v) is 12.2. The van der Waals surface area contributed by atoms with Crippen LogP contribution in [0.15, 0.2) is 41.6 Å². The zero-order chi connectivity index (χ0) is 13.5. The fraction of sp³-hybridized carbons (Fsp3) is 0.375. The lowest BCUT2D eigenvalue weighted by molar-refractivity contribution is 1.07. The summed E-state index contributed by atoms with van der Waals surface area (Å²) < 4.78 is 0. The molecule has 1 aromatic rings. The van der Waals surface area contributed by atoms with E-state index in [4.69, 9.17) is 17.3 Å². The van der Waals surface area contributed by atoms with Crippen LogP contribution >= 0.6 is 11.6 Å². The molecule has 0 aliphatic carbocycles. The van der Waals surface area contributed by atoms with Crippen molar-refractivity contribution in [3.05, 3.63) is 57.8 Å². The van der Waals surface area contributed by atoms with Crippen LogP contribution in [0.2, 0.25) is 5.02 Å². The van der Waals surface area contributed by atoms with Crippen molar-refractivity contribution < 1.29 is 0 Å². The molecule has 0 aliphatic rings. The summed E-state index contributed by atoms with van der Waals surface area (Å²) in [5.74, 6) is 0. The molecule has 0 heterocycles. The summed E-state index contributed by atoms with van der Waals surface area (Å²) in [7, 11) is 0. The lowest BCUT2D eigenvalue weighted by Gasteiger charge is -2.06. The molecule has 0 aliphatic heterocycles. The number of rotatable bonds is 5. The number of nitrogens with two attached hydrogens (primary N) is 1. The molecule has 0 bridgehead atoms. The summed E-state index contributed by atoms with van der Waals surface area (Å²) in [5, 5.41) is 0.838. The van der Waals surface area contributed by atoms with E-state index in [0.29, 0.717) is 0 Å². The van der Waals surface area contributed by atoms with Gasteiger partial charge in [0.25, 0.3) is 0 Å². The van der Waals surface area contributed by atoms with Crippen LogP contribution < -0.4 is 5.73 Å². The predicted molar refractivity (Wildman–Crippen MR) is 80.9 cm³/mol. The molecule has 0 radical (unpaired) electrons. The van der Waals surface area contributed by atoms with Gasteiger partial charge in [0.2, 0.25) is 0 Å². The van der Waals surface area contributed by atoms with Crippen molar-refractivity contribution in [1.82, 2.24) is 0 Å². The molecule has 0 unspecified atom stereocenters. The van der Waals surface area contributed by atoms with Crippen molar-refractivity contribution >= 4 is 11.6 Å². The second kappa shape index (κ2) is 7.27. The summed E-state index contributed by atoms with van der Waals surface area (Å²) >= 11 is 6.10. The van der Waals surface area contributed by atoms with E-state index in [0.717, 1.165) is 30.0 Å². The number of aryl methyl sites for hydroxylation is 1. The highest BCUT2D eigenvalue weighted by molar-refractivity contribution is 6.31. The third-order valence-corrected chi connectivity index (χ3v) is 3.41. The number of hydrogen-bond donors (Lipinski definition) is 1. The van der Waals surface area contributed by atoms with E-state index < -0.39 is 0 Å². The molecule has 0 fully saturated rings. The third-order valence-electron chi connectivity index (χ3n) is 3.04. The Morgan fingerprint density at radius 2 is 2.00 bits per heavy atom. The van der Waals surface area contributed by atoms with E-state index in [9.17, 15) is 0 Å². The Morgan fingerprint density at radius 3 is 2.61 bits per heavy atom. The zero-order valence-electron chi connectivity index (χ0n) is 11.5. The van der Waals surface area contributed by atoms with Crippen molar-refractivity contribution in [2.45, 2.75) is 40.0 Å². The SMILES string of the molecule is CC/C(C)=C/C=C(\N)Cc1ccc(Cl)c(CC)c1. The maximum absolute atomic E-state index is 6.10. The minimum Gasteiger partial charge on any atom is -0.402 e. The first kappa shape index (κ1) is 14.8. The Bertz CT molecular complexity index is 458. The van der Waals surface area contributed by atoms with E-state index in [-0.39, 0.29) is 0 Å². The van der Waals surface area contributed by atoms with Gasteiger partial charge < -0.3 is 5.73 Å². The van der Waals surface area contributed by atoms with Crippen LogP contribution in [-0.4, -0.2) is 0 Å². The number of halogens is 1. The summed E-state index contributed by atoms with van der Waals surface area (Å²) in [6.45, 7) is 6.36. The minimum absolute atomic E-state index is 0.775. The smallest absolute Gasteiger partial charge is 0.0438 e. The Labute approximate surface area is 115 Å². The second-order valence-corrected chi connectivity index (χ2v) is 4.97. The maximum Gasteiger partial charge on any atom is 0.0438 e. The fourth-order valence-electron chi connectivity index (χ4n) is 1.67. The largest absolute Gasteiger partial charge is 0.402 e. The van der Waals surface area contributed by atoms with Crippen LogP contribution in [0, 0.1) is 0 Å². The van der Waals surface area contributed by atoms with Gasteiger partial charge in [-0.15, -0.1) is 0 Å². The van der Waals surface area contributed by atoms with Gasteiger partial charge in [0.15, 0.2) is 0 Å². The molecule has 0 saturated heterocycles. The molecular formula is C16H22ClN. The highest BCUT2D eigenvalue weighted by Crippen LogP contribution is 2.19.